The Morgan fingerprint density at radius 1 is 1.23 bits per heavy atom. The molecule has 1 fully saturated rings. The van der Waals surface area contributed by atoms with Gasteiger partial charge in [-0.25, -0.2) is 0 Å². The molecule has 2 aliphatic rings. The molecule has 5 nitrogen and oxygen atoms in total. The highest BCUT2D eigenvalue weighted by molar-refractivity contribution is 5.92. The van der Waals surface area contributed by atoms with Crippen LogP contribution in [-0.2, 0) is 17.8 Å². The standard InChI is InChI=1S/C25H29NO4/c1-4-29-23-15-20-13-17(2)30-24(20)14-19(23)7-12-25(27)26(21-8-9-21)16-18-5-10-22(28-3)11-6-18/h5-7,10-12,14-15,17,21H,4,8-9,13,16H2,1-3H3/b12-7+/t17-/m1/s1. The second-order valence-corrected chi connectivity index (χ2v) is 7.94. The second kappa shape index (κ2) is 8.82. The minimum Gasteiger partial charge on any atom is -0.497 e. The molecule has 0 unspecified atom stereocenters. The molecule has 0 saturated heterocycles. The van der Waals surface area contributed by atoms with Gasteiger partial charge in [0.25, 0.3) is 0 Å². The van der Waals surface area contributed by atoms with Crippen LogP contribution in [0, 0.1) is 0 Å². The van der Waals surface area contributed by atoms with Gasteiger partial charge in [0.15, 0.2) is 0 Å². The molecule has 1 amide bonds. The SMILES string of the molecule is CCOc1cc2c(cc1/C=C/C(=O)N(Cc1ccc(OC)cc1)C1CC1)O[C@H](C)C2. The summed E-state index contributed by atoms with van der Waals surface area (Å²) < 4.78 is 16.9. The van der Waals surface area contributed by atoms with E-state index < -0.39 is 0 Å². The van der Waals surface area contributed by atoms with E-state index in [1.165, 1.54) is 0 Å². The summed E-state index contributed by atoms with van der Waals surface area (Å²) in [6, 6.07) is 12.2. The summed E-state index contributed by atoms with van der Waals surface area (Å²) in [5.41, 5.74) is 3.13. The van der Waals surface area contributed by atoms with Crippen molar-refractivity contribution in [3.8, 4) is 17.2 Å². The lowest BCUT2D eigenvalue weighted by Crippen LogP contribution is -2.31. The molecule has 0 spiro atoms. The van der Waals surface area contributed by atoms with Crippen LogP contribution in [0.4, 0.5) is 0 Å². The molecule has 0 N–H and O–H groups in total. The number of carbonyl (C=O) groups excluding carboxylic acids is 1. The zero-order chi connectivity index (χ0) is 21.1. The van der Waals surface area contributed by atoms with Crippen molar-refractivity contribution in [1.29, 1.82) is 0 Å². The average Bonchev–Trinajstić information content (AvgIpc) is 3.52. The maximum absolute atomic E-state index is 13.0. The fourth-order valence-electron chi connectivity index (χ4n) is 3.82. The summed E-state index contributed by atoms with van der Waals surface area (Å²) in [6.07, 6.45) is 6.68. The van der Waals surface area contributed by atoms with Crippen molar-refractivity contribution in [2.75, 3.05) is 13.7 Å². The maximum atomic E-state index is 13.0. The van der Waals surface area contributed by atoms with Crippen LogP contribution in [0.3, 0.4) is 0 Å². The number of hydrogen-bond acceptors (Lipinski definition) is 4. The first-order chi connectivity index (χ1) is 14.6. The molecule has 1 saturated carbocycles. The third-order valence-electron chi connectivity index (χ3n) is 5.52. The van der Waals surface area contributed by atoms with Crippen molar-refractivity contribution in [3.63, 3.8) is 0 Å². The fourth-order valence-corrected chi connectivity index (χ4v) is 3.82. The molecule has 158 valence electrons. The fraction of sp³-hybridized carbons (Fsp3) is 0.400. The number of methoxy groups -OCH3 is 1. The van der Waals surface area contributed by atoms with Crippen molar-refractivity contribution < 1.29 is 19.0 Å². The highest BCUT2D eigenvalue weighted by Gasteiger charge is 2.31. The number of rotatable bonds is 8. The first-order valence-electron chi connectivity index (χ1n) is 10.7. The third kappa shape index (κ3) is 4.61. The van der Waals surface area contributed by atoms with E-state index in [0.29, 0.717) is 19.2 Å². The van der Waals surface area contributed by atoms with Gasteiger partial charge in [0.1, 0.15) is 23.4 Å². The molecule has 1 aliphatic carbocycles. The predicted octanol–water partition coefficient (Wildman–Crippen LogP) is 4.62. The van der Waals surface area contributed by atoms with Crippen LogP contribution in [0.2, 0.25) is 0 Å². The van der Waals surface area contributed by atoms with Crippen molar-refractivity contribution >= 4 is 12.0 Å². The van der Waals surface area contributed by atoms with Crippen LogP contribution in [-0.4, -0.2) is 36.7 Å². The van der Waals surface area contributed by atoms with Gasteiger partial charge in [0.2, 0.25) is 5.91 Å². The minimum atomic E-state index is 0.0190. The van der Waals surface area contributed by atoms with Crippen LogP contribution in [0.5, 0.6) is 17.2 Å². The first kappa shape index (κ1) is 20.3. The van der Waals surface area contributed by atoms with Crippen LogP contribution in [0.1, 0.15) is 43.4 Å². The largest absolute Gasteiger partial charge is 0.497 e. The lowest BCUT2D eigenvalue weighted by molar-refractivity contribution is -0.127. The van der Waals surface area contributed by atoms with E-state index >= 15 is 0 Å². The predicted molar refractivity (Wildman–Crippen MR) is 117 cm³/mol. The Balaban J connectivity index is 1.51. The molecular weight excluding hydrogens is 378 g/mol. The number of ether oxygens (including phenoxy) is 3. The normalized spacial score (nSPS) is 17.5. The number of amides is 1. The van der Waals surface area contributed by atoms with Gasteiger partial charge in [0, 0.05) is 36.2 Å². The Morgan fingerprint density at radius 2 is 2.00 bits per heavy atom. The quantitative estimate of drug-likeness (QED) is 0.599. The average molecular weight is 408 g/mol. The number of carbonyl (C=O) groups is 1. The summed E-state index contributed by atoms with van der Waals surface area (Å²) in [7, 11) is 1.65. The van der Waals surface area contributed by atoms with Gasteiger partial charge >= 0.3 is 0 Å². The van der Waals surface area contributed by atoms with Crippen molar-refractivity contribution in [3.05, 3.63) is 59.2 Å². The summed E-state index contributed by atoms with van der Waals surface area (Å²) in [5.74, 6) is 2.52. The summed E-state index contributed by atoms with van der Waals surface area (Å²) in [5, 5.41) is 0. The molecule has 2 aromatic carbocycles. The van der Waals surface area contributed by atoms with Crippen molar-refractivity contribution in [2.24, 2.45) is 0 Å². The Morgan fingerprint density at radius 3 is 2.67 bits per heavy atom. The van der Waals surface area contributed by atoms with Crippen LogP contribution in [0.15, 0.2) is 42.5 Å². The molecule has 2 aromatic rings. The summed E-state index contributed by atoms with van der Waals surface area (Å²) >= 11 is 0. The van der Waals surface area contributed by atoms with Crippen LogP contribution < -0.4 is 14.2 Å². The zero-order valence-corrected chi connectivity index (χ0v) is 17.9. The molecule has 1 aliphatic heterocycles. The Bertz CT molecular complexity index is 931. The highest BCUT2D eigenvalue weighted by Crippen LogP contribution is 2.36. The maximum Gasteiger partial charge on any atom is 0.247 e. The van der Waals surface area contributed by atoms with E-state index in [2.05, 4.69) is 6.92 Å². The van der Waals surface area contributed by atoms with Gasteiger partial charge in [0.05, 0.1) is 13.7 Å². The van der Waals surface area contributed by atoms with Crippen molar-refractivity contribution in [1.82, 2.24) is 4.90 Å². The van der Waals surface area contributed by atoms with Crippen LogP contribution >= 0.6 is 0 Å². The molecule has 1 heterocycles. The molecule has 0 bridgehead atoms. The Kier molecular flexibility index (Phi) is 5.98. The molecule has 30 heavy (non-hydrogen) atoms. The molecule has 5 heteroatoms. The monoisotopic (exact) mass is 407 g/mol. The molecule has 0 aromatic heterocycles. The summed E-state index contributed by atoms with van der Waals surface area (Å²) in [6.45, 7) is 5.21. The van der Waals surface area contributed by atoms with E-state index in [4.69, 9.17) is 14.2 Å². The van der Waals surface area contributed by atoms with Gasteiger partial charge in [-0.2, -0.15) is 0 Å². The lowest BCUT2D eigenvalue weighted by atomic mass is 10.1. The van der Waals surface area contributed by atoms with Gasteiger partial charge in [-0.3, -0.25) is 4.79 Å². The molecular formula is C25H29NO4. The molecule has 1 atom stereocenters. The van der Waals surface area contributed by atoms with E-state index in [0.717, 1.165) is 53.2 Å². The van der Waals surface area contributed by atoms with Gasteiger partial charge in [-0.15, -0.1) is 0 Å². The summed E-state index contributed by atoms with van der Waals surface area (Å²) in [4.78, 5) is 15.0. The van der Waals surface area contributed by atoms with Gasteiger partial charge in [-0.05, 0) is 62.6 Å². The van der Waals surface area contributed by atoms with E-state index in [1.807, 2.05) is 54.3 Å². The van der Waals surface area contributed by atoms with E-state index in [-0.39, 0.29) is 12.0 Å². The zero-order valence-electron chi connectivity index (χ0n) is 17.9. The smallest absolute Gasteiger partial charge is 0.247 e. The van der Waals surface area contributed by atoms with Crippen LogP contribution in [0.25, 0.3) is 6.08 Å². The van der Waals surface area contributed by atoms with Gasteiger partial charge < -0.3 is 19.1 Å². The van der Waals surface area contributed by atoms with E-state index in [1.54, 1.807) is 13.2 Å². The minimum absolute atomic E-state index is 0.0190. The first-order valence-corrected chi connectivity index (χ1v) is 10.7. The molecule has 0 radical (unpaired) electrons. The number of hydrogen-bond donors (Lipinski definition) is 0. The van der Waals surface area contributed by atoms with Gasteiger partial charge in [-0.1, -0.05) is 12.1 Å². The Hall–Kier alpha value is -2.95. The van der Waals surface area contributed by atoms with E-state index in [9.17, 15) is 4.79 Å². The topological polar surface area (TPSA) is 48.0 Å². The third-order valence-corrected chi connectivity index (χ3v) is 5.52. The molecule has 4 rings (SSSR count). The lowest BCUT2D eigenvalue weighted by Gasteiger charge is -2.21. The highest BCUT2D eigenvalue weighted by atomic mass is 16.5. The van der Waals surface area contributed by atoms with Crippen molar-refractivity contribution in [2.45, 2.75) is 51.8 Å². The number of benzene rings is 2. The Labute approximate surface area is 178 Å². The number of nitrogens with zero attached hydrogens (tertiary/aromatic N) is 1. The number of fused-ring (bicyclic) bond motifs is 1. The second-order valence-electron chi connectivity index (χ2n) is 7.94.